The molecule has 156 valence electrons. The molecule has 1 aliphatic heterocycles. The van der Waals surface area contributed by atoms with Crippen molar-refractivity contribution in [2.24, 2.45) is 5.41 Å². The van der Waals surface area contributed by atoms with Gasteiger partial charge in [-0.15, -0.1) is 0 Å². The molecule has 2 aliphatic rings. The summed E-state index contributed by atoms with van der Waals surface area (Å²) < 4.78 is 0. The Morgan fingerprint density at radius 1 is 1.10 bits per heavy atom. The Balaban J connectivity index is 1.31. The molecule has 1 aromatic carbocycles. The van der Waals surface area contributed by atoms with Crippen molar-refractivity contribution >= 4 is 28.4 Å². The quantitative estimate of drug-likeness (QED) is 0.702. The molecule has 1 N–H and O–H groups in total. The van der Waals surface area contributed by atoms with E-state index in [1.807, 2.05) is 18.0 Å². The summed E-state index contributed by atoms with van der Waals surface area (Å²) in [6, 6.07) is 12.5. The van der Waals surface area contributed by atoms with Gasteiger partial charge in [0.05, 0.1) is 17.3 Å². The van der Waals surface area contributed by atoms with E-state index in [-0.39, 0.29) is 5.91 Å². The lowest BCUT2D eigenvalue weighted by Crippen LogP contribution is -2.50. The van der Waals surface area contributed by atoms with Gasteiger partial charge in [-0.25, -0.2) is 9.97 Å². The van der Waals surface area contributed by atoms with Gasteiger partial charge in [-0.05, 0) is 31.0 Å². The lowest BCUT2D eigenvalue weighted by molar-refractivity contribution is -0.135. The highest BCUT2D eigenvalue weighted by Gasteiger charge is 2.52. The summed E-state index contributed by atoms with van der Waals surface area (Å²) in [7, 11) is 1.83. The third kappa shape index (κ3) is 3.42. The van der Waals surface area contributed by atoms with Crippen molar-refractivity contribution in [2.75, 3.05) is 43.4 Å². The molecule has 0 spiro atoms. The number of pyridine rings is 1. The number of nitriles is 1. The van der Waals surface area contributed by atoms with Crippen molar-refractivity contribution in [1.29, 1.82) is 5.26 Å². The fourth-order valence-corrected chi connectivity index (χ4v) is 4.11. The fourth-order valence-electron chi connectivity index (χ4n) is 4.11. The summed E-state index contributed by atoms with van der Waals surface area (Å²) in [5.74, 6) is 0.715. The Morgan fingerprint density at radius 3 is 2.45 bits per heavy atom. The van der Waals surface area contributed by atoms with Crippen LogP contribution >= 0.6 is 0 Å². The summed E-state index contributed by atoms with van der Waals surface area (Å²) in [5, 5.41) is 12.4. The Bertz CT molecular complexity index is 1170. The van der Waals surface area contributed by atoms with Crippen LogP contribution in [-0.4, -0.2) is 59.0 Å². The van der Waals surface area contributed by atoms with Crippen molar-refractivity contribution in [3.05, 3.63) is 42.7 Å². The van der Waals surface area contributed by atoms with Gasteiger partial charge in [0, 0.05) is 56.9 Å². The van der Waals surface area contributed by atoms with Crippen LogP contribution < -0.4 is 10.2 Å². The number of carbonyl (C=O) groups excluding carboxylic acids is 1. The molecule has 2 fully saturated rings. The number of hydrogen-bond donors (Lipinski definition) is 1. The van der Waals surface area contributed by atoms with E-state index in [1.54, 1.807) is 12.4 Å². The van der Waals surface area contributed by atoms with E-state index in [4.69, 9.17) is 4.98 Å². The van der Waals surface area contributed by atoms with E-state index >= 15 is 0 Å². The Hall–Kier alpha value is -3.73. The SMILES string of the molecule is CNc1nc(-c2ccc(N3CCN(C(=O)C4(C#N)CC4)CC3)cc2)cc2nccnc12. The summed E-state index contributed by atoms with van der Waals surface area (Å²) in [5.41, 5.74) is 3.78. The van der Waals surface area contributed by atoms with E-state index in [2.05, 4.69) is 50.5 Å². The maximum Gasteiger partial charge on any atom is 0.243 e. The molecule has 1 aliphatic carbocycles. The van der Waals surface area contributed by atoms with Gasteiger partial charge in [0.25, 0.3) is 0 Å². The number of amides is 1. The number of nitrogens with zero attached hydrogens (tertiary/aromatic N) is 6. The lowest BCUT2D eigenvalue weighted by atomic mass is 10.1. The molecule has 5 rings (SSSR count). The lowest BCUT2D eigenvalue weighted by Gasteiger charge is -2.37. The zero-order chi connectivity index (χ0) is 21.4. The first-order valence-corrected chi connectivity index (χ1v) is 10.5. The summed E-state index contributed by atoms with van der Waals surface area (Å²) >= 11 is 0. The first kappa shape index (κ1) is 19.2. The first-order valence-electron chi connectivity index (χ1n) is 10.5. The van der Waals surface area contributed by atoms with Gasteiger partial charge in [-0.3, -0.25) is 9.78 Å². The van der Waals surface area contributed by atoms with Crippen molar-refractivity contribution in [3.63, 3.8) is 0 Å². The summed E-state index contributed by atoms with van der Waals surface area (Å²) in [4.78, 5) is 30.2. The second-order valence-corrected chi connectivity index (χ2v) is 8.05. The predicted octanol–water partition coefficient (Wildman–Crippen LogP) is 2.69. The third-order valence-electron chi connectivity index (χ3n) is 6.16. The van der Waals surface area contributed by atoms with Crippen LogP contribution in [0.1, 0.15) is 12.8 Å². The highest BCUT2D eigenvalue weighted by Crippen LogP contribution is 2.46. The number of aromatic nitrogens is 3. The predicted molar refractivity (Wildman–Crippen MR) is 118 cm³/mol. The van der Waals surface area contributed by atoms with Crippen LogP contribution in [0.2, 0.25) is 0 Å². The summed E-state index contributed by atoms with van der Waals surface area (Å²) in [6.07, 6.45) is 4.75. The monoisotopic (exact) mass is 413 g/mol. The zero-order valence-corrected chi connectivity index (χ0v) is 17.4. The molecule has 1 amide bonds. The molecule has 0 radical (unpaired) electrons. The van der Waals surface area contributed by atoms with Crippen molar-refractivity contribution < 1.29 is 4.79 Å². The Kier molecular flexibility index (Phi) is 4.66. The molecule has 3 aromatic rings. The van der Waals surface area contributed by atoms with Crippen LogP contribution in [0.25, 0.3) is 22.3 Å². The van der Waals surface area contributed by atoms with Gasteiger partial charge in [-0.2, -0.15) is 5.26 Å². The second-order valence-electron chi connectivity index (χ2n) is 8.05. The van der Waals surface area contributed by atoms with Crippen LogP contribution in [0, 0.1) is 16.7 Å². The number of nitrogens with one attached hydrogen (secondary N) is 1. The standard InChI is InChI=1S/C23H23N7O/c1-25-21-20-19(26-8-9-27-20)14-18(28-21)16-2-4-17(5-3-16)29-10-12-30(13-11-29)22(31)23(15-24)6-7-23/h2-5,8-9,14H,6-7,10-13H2,1H3,(H,25,28). The van der Waals surface area contributed by atoms with Gasteiger partial charge in [0.15, 0.2) is 5.82 Å². The van der Waals surface area contributed by atoms with Crippen LogP contribution in [0.5, 0.6) is 0 Å². The minimum atomic E-state index is -0.729. The van der Waals surface area contributed by atoms with Gasteiger partial charge in [0.2, 0.25) is 5.91 Å². The molecule has 8 nitrogen and oxygen atoms in total. The minimum absolute atomic E-state index is 0.0100. The molecule has 1 saturated carbocycles. The smallest absolute Gasteiger partial charge is 0.243 e. The normalized spacial score (nSPS) is 17.3. The van der Waals surface area contributed by atoms with E-state index in [1.165, 1.54) is 0 Å². The molecule has 0 bridgehead atoms. The van der Waals surface area contributed by atoms with Crippen LogP contribution in [0.15, 0.2) is 42.7 Å². The van der Waals surface area contributed by atoms with Crippen LogP contribution in [0.3, 0.4) is 0 Å². The van der Waals surface area contributed by atoms with E-state index in [0.717, 1.165) is 41.1 Å². The average Bonchev–Trinajstić information content (AvgIpc) is 3.64. The van der Waals surface area contributed by atoms with E-state index in [9.17, 15) is 10.1 Å². The van der Waals surface area contributed by atoms with Gasteiger partial charge in [0.1, 0.15) is 10.9 Å². The zero-order valence-electron chi connectivity index (χ0n) is 17.4. The number of rotatable bonds is 4. The van der Waals surface area contributed by atoms with Gasteiger partial charge >= 0.3 is 0 Å². The van der Waals surface area contributed by atoms with Gasteiger partial charge < -0.3 is 15.1 Å². The Morgan fingerprint density at radius 2 is 1.81 bits per heavy atom. The molecule has 2 aromatic heterocycles. The fraction of sp³-hybridized carbons (Fsp3) is 0.348. The highest BCUT2D eigenvalue weighted by atomic mass is 16.2. The number of piperazine rings is 1. The summed E-state index contributed by atoms with van der Waals surface area (Å²) in [6.45, 7) is 2.83. The molecule has 3 heterocycles. The molecular formula is C23H23N7O. The van der Waals surface area contributed by atoms with Crippen molar-refractivity contribution in [2.45, 2.75) is 12.8 Å². The average molecular weight is 413 g/mol. The van der Waals surface area contributed by atoms with Crippen LogP contribution in [-0.2, 0) is 4.79 Å². The van der Waals surface area contributed by atoms with Crippen LogP contribution in [0.4, 0.5) is 11.5 Å². The number of carbonyl (C=O) groups is 1. The van der Waals surface area contributed by atoms with E-state index in [0.29, 0.717) is 31.7 Å². The number of fused-ring (bicyclic) bond motifs is 1. The van der Waals surface area contributed by atoms with Crippen molar-refractivity contribution in [3.8, 4) is 17.3 Å². The maximum atomic E-state index is 12.6. The highest BCUT2D eigenvalue weighted by molar-refractivity contribution is 5.89. The molecule has 31 heavy (non-hydrogen) atoms. The minimum Gasteiger partial charge on any atom is -0.371 e. The Labute approximate surface area is 180 Å². The van der Waals surface area contributed by atoms with Gasteiger partial charge in [-0.1, -0.05) is 12.1 Å². The van der Waals surface area contributed by atoms with E-state index < -0.39 is 5.41 Å². The number of benzene rings is 1. The molecule has 0 unspecified atom stereocenters. The number of hydrogen-bond acceptors (Lipinski definition) is 7. The maximum absolute atomic E-state index is 12.6. The largest absolute Gasteiger partial charge is 0.371 e. The molecular weight excluding hydrogens is 390 g/mol. The molecule has 1 saturated heterocycles. The molecule has 0 atom stereocenters. The van der Waals surface area contributed by atoms with Crippen molar-refractivity contribution in [1.82, 2.24) is 19.9 Å². The first-order chi connectivity index (χ1) is 15.1. The molecule has 8 heteroatoms. The second kappa shape index (κ2) is 7.51. The number of anilines is 2. The topological polar surface area (TPSA) is 98.0 Å². The third-order valence-corrected chi connectivity index (χ3v) is 6.16.